The molecule has 3 rings (SSSR count). The first-order valence-electron chi connectivity index (χ1n) is 7.97. The smallest absolute Gasteiger partial charge is 0.129 e. The van der Waals surface area contributed by atoms with Gasteiger partial charge in [0.2, 0.25) is 0 Å². The molecule has 1 fully saturated rings. The van der Waals surface area contributed by atoms with Crippen LogP contribution < -0.4 is 5.32 Å². The molecule has 0 bridgehead atoms. The summed E-state index contributed by atoms with van der Waals surface area (Å²) < 4.78 is 14.1. The number of aromatic nitrogens is 1. The summed E-state index contributed by atoms with van der Waals surface area (Å²) in [5.74, 6) is 0.357. The summed E-state index contributed by atoms with van der Waals surface area (Å²) in [5, 5.41) is 3.88. The maximum Gasteiger partial charge on any atom is 0.129 e. The summed E-state index contributed by atoms with van der Waals surface area (Å²) in [4.78, 5) is 6.44. The van der Waals surface area contributed by atoms with Gasteiger partial charge < -0.3 is 5.32 Å². The van der Waals surface area contributed by atoms with Gasteiger partial charge in [-0.15, -0.1) is 12.4 Å². The Balaban J connectivity index is 0.00000208. The average Bonchev–Trinajstić information content (AvgIpc) is 3.05. The molecule has 1 aliphatic heterocycles. The number of nitrogens with zero attached hydrogens (tertiary/aromatic N) is 2. The van der Waals surface area contributed by atoms with E-state index in [2.05, 4.69) is 21.3 Å². The molecule has 0 aliphatic carbocycles. The number of halogens is 3. The molecule has 0 amide bonds. The van der Waals surface area contributed by atoms with Crippen molar-refractivity contribution in [1.29, 1.82) is 0 Å². The Bertz CT molecular complexity index is 613. The lowest BCUT2D eigenvalue weighted by atomic mass is 10.1. The van der Waals surface area contributed by atoms with Gasteiger partial charge in [-0.3, -0.25) is 9.88 Å². The number of hydrogen-bond donors (Lipinski definition) is 1. The van der Waals surface area contributed by atoms with Crippen LogP contribution in [0.3, 0.4) is 0 Å². The predicted octanol–water partition coefficient (Wildman–Crippen LogP) is 3.91. The third kappa shape index (κ3) is 5.15. The standard InChI is InChI=1S/C18H21ClFN3.ClH/c19-17-4-1-5-18(20)16(17)13-23(12-15-6-8-22-10-15)11-14-3-2-7-21-9-14;/h1-5,7,9,15,22H,6,8,10-13H2;1H. The second-order valence-corrected chi connectivity index (χ2v) is 6.50. The Hall–Kier alpha value is -1.20. The lowest BCUT2D eigenvalue weighted by molar-refractivity contribution is 0.218. The second kappa shape index (κ2) is 9.33. The van der Waals surface area contributed by atoms with E-state index in [1.165, 1.54) is 6.07 Å². The first kappa shape index (κ1) is 19.1. The molecule has 1 N–H and O–H groups in total. The van der Waals surface area contributed by atoms with Crippen molar-refractivity contribution in [2.45, 2.75) is 19.5 Å². The van der Waals surface area contributed by atoms with Gasteiger partial charge in [0, 0.05) is 42.6 Å². The zero-order chi connectivity index (χ0) is 16.1. The normalized spacial score (nSPS) is 17.0. The topological polar surface area (TPSA) is 28.2 Å². The zero-order valence-electron chi connectivity index (χ0n) is 13.4. The van der Waals surface area contributed by atoms with E-state index in [4.69, 9.17) is 11.6 Å². The third-order valence-electron chi connectivity index (χ3n) is 4.25. The summed E-state index contributed by atoms with van der Waals surface area (Å²) in [5.41, 5.74) is 1.70. The predicted molar refractivity (Wildman–Crippen MR) is 98.0 cm³/mol. The third-order valence-corrected chi connectivity index (χ3v) is 4.61. The molecule has 1 aromatic heterocycles. The minimum atomic E-state index is -0.238. The first-order valence-corrected chi connectivity index (χ1v) is 8.35. The van der Waals surface area contributed by atoms with Crippen molar-refractivity contribution in [3.05, 3.63) is 64.7 Å². The molecule has 3 nitrogen and oxygen atoms in total. The highest BCUT2D eigenvalue weighted by atomic mass is 35.5. The van der Waals surface area contributed by atoms with Crippen molar-refractivity contribution in [2.75, 3.05) is 19.6 Å². The van der Waals surface area contributed by atoms with Gasteiger partial charge in [0.1, 0.15) is 5.82 Å². The highest BCUT2D eigenvalue weighted by Crippen LogP contribution is 2.23. The maximum absolute atomic E-state index is 14.1. The summed E-state index contributed by atoms with van der Waals surface area (Å²) in [6.45, 7) is 4.26. The molecule has 2 heterocycles. The quantitative estimate of drug-likeness (QED) is 0.836. The van der Waals surface area contributed by atoms with Crippen LogP contribution in [0, 0.1) is 11.7 Å². The molecule has 0 radical (unpaired) electrons. The van der Waals surface area contributed by atoms with E-state index >= 15 is 0 Å². The van der Waals surface area contributed by atoms with Gasteiger partial charge in [0.05, 0.1) is 0 Å². The maximum atomic E-state index is 14.1. The monoisotopic (exact) mass is 369 g/mol. The van der Waals surface area contributed by atoms with E-state index in [9.17, 15) is 4.39 Å². The van der Waals surface area contributed by atoms with E-state index in [1.807, 2.05) is 12.3 Å². The number of hydrogen-bond acceptors (Lipinski definition) is 3. The van der Waals surface area contributed by atoms with E-state index in [1.54, 1.807) is 18.3 Å². The summed E-state index contributed by atoms with van der Waals surface area (Å²) in [6.07, 6.45) is 4.79. The van der Waals surface area contributed by atoms with E-state index < -0.39 is 0 Å². The Morgan fingerprint density at radius 2 is 2.12 bits per heavy atom. The van der Waals surface area contributed by atoms with Gasteiger partial charge in [-0.1, -0.05) is 23.7 Å². The van der Waals surface area contributed by atoms with E-state index in [-0.39, 0.29) is 18.2 Å². The van der Waals surface area contributed by atoms with Crippen LogP contribution in [-0.2, 0) is 13.1 Å². The minimum absolute atomic E-state index is 0. The Kier molecular flexibility index (Phi) is 7.43. The fourth-order valence-electron chi connectivity index (χ4n) is 3.08. The number of benzene rings is 1. The van der Waals surface area contributed by atoms with E-state index in [0.717, 1.165) is 38.2 Å². The van der Waals surface area contributed by atoms with Gasteiger partial charge in [-0.2, -0.15) is 0 Å². The van der Waals surface area contributed by atoms with Crippen molar-refractivity contribution in [1.82, 2.24) is 15.2 Å². The van der Waals surface area contributed by atoms with Crippen LogP contribution in [0.25, 0.3) is 0 Å². The van der Waals surface area contributed by atoms with Crippen LogP contribution in [-0.4, -0.2) is 29.5 Å². The summed E-state index contributed by atoms with van der Waals surface area (Å²) in [6, 6.07) is 8.85. The number of rotatable bonds is 6. The summed E-state index contributed by atoms with van der Waals surface area (Å²) >= 11 is 6.20. The Morgan fingerprint density at radius 1 is 1.25 bits per heavy atom. The fourth-order valence-corrected chi connectivity index (χ4v) is 3.30. The molecule has 1 saturated heterocycles. The van der Waals surface area contributed by atoms with Gasteiger partial charge in [-0.05, 0) is 49.2 Å². The number of pyridine rings is 1. The Labute approximate surface area is 153 Å². The minimum Gasteiger partial charge on any atom is -0.316 e. The zero-order valence-corrected chi connectivity index (χ0v) is 15.0. The fraction of sp³-hybridized carbons (Fsp3) is 0.389. The van der Waals surface area contributed by atoms with Gasteiger partial charge >= 0.3 is 0 Å². The molecule has 6 heteroatoms. The molecule has 24 heavy (non-hydrogen) atoms. The average molecular weight is 370 g/mol. The molecule has 1 unspecified atom stereocenters. The van der Waals surface area contributed by atoms with E-state index in [0.29, 0.717) is 23.0 Å². The van der Waals surface area contributed by atoms with Gasteiger partial charge in [-0.25, -0.2) is 4.39 Å². The SMILES string of the molecule is Cl.Fc1cccc(Cl)c1CN(Cc1cccnc1)CC1CCNC1. The largest absolute Gasteiger partial charge is 0.316 e. The van der Waals surface area contributed by atoms with Crippen LogP contribution in [0.1, 0.15) is 17.5 Å². The molecule has 0 spiro atoms. The molecule has 1 aliphatic rings. The second-order valence-electron chi connectivity index (χ2n) is 6.09. The first-order chi connectivity index (χ1) is 11.2. The number of nitrogens with one attached hydrogen (secondary N) is 1. The van der Waals surface area contributed by atoms with Crippen LogP contribution >= 0.6 is 24.0 Å². The van der Waals surface area contributed by atoms with Crippen molar-refractivity contribution >= 4 is 24.0 Å². The molecule has 130 valence electrons. The molecule has 1 aromatic carbocycles. The van der Waals surface area contributed by atoms with Crippen molar-refractivity contribution in [3.8, 4) is 0 Å². The molecular formula is C18H22Cl2FN3. The van der Waals surface area contributed by atoms with Gasteiger partial charge in [0.25, 0.3) is 0 Å². The van der Waals surface area contributed by atoms with Crippen molar-refractivity contribution in [2.24, 2.45) is 5.92 Å². The molecule has 2 aromatic rings. The van der Waals surface area contributed by atoms with Crippen LogP contribution in [0.4, 0.5) is 4.39 Å². The Morgan fingerprint density at radius 3 is 2.79 bits per heavy atom. The van der Waals surface area contributed by atoms with Crippen molar-refractivity contribution in [3.63, 3.8) is 0 Å². The van der Waals surface area contributed by atoms with Crippen molar-refractivity contribution < 1.29 is 4.39 Å². The lowest BCUT2D eigenvalue weighted by Gasteiger charge is -2.26. The summed E-state index contributed by atoms with van der Waals surface area (Å²) in [7, 11) is 0. The van der Waals surface area contributed by atoms with Gasteiger partial charge in [0.15, 0.2) is 0 Å². The highest BCUT2D eigenvalue weighted by molar-refractivity contribution is 6.31. The molecular weight excluding hydrogens is 348 g/mol. The van der Waals surface area contributed by atoms with Crippen LogP contribution in [0.15, 0.2) is 42.7 Å². The lowest BCUT2D eigenvalue weighted by Crippen LogP contribution is -2.30. The molecule has 1 atom stereocenters. The highest BCUT2D eigenvalue weighted by Gasteiger charge is 2.20. The van der Waals surface area contributed by atoms with Crippen LogP contribution in [0.5, 0.6) is 0 Å². The van der Waals surface area contributed by atoms with Crippen LogP contribution in [0.2, 0.25) is 5.02 Å². The molecule has 0 saturated carbocycles.